The molecule has 144 valence electrons. The van der Waals surface area contributed by atoms with Crippen molar-refractivity contribution in [2.24, 2.45) is 0 Å². The predicted molar refractivity (Wildman–Crippen MR) is 113 cm³/mol. The van der Waals surface area contributed by atoms with Crippen LogP contribution in [0.3, 0.4) is 0 Å². The van der Waals surface area contributed by atoms with Crippen LogP contribution in [0.15, 0.2) is 53.4 Å². The first kappa shape index (κ1) is 18.9. The lowest BCUT2D eigenvalue weighted by molar-refractivity contribution is 0.204. The highest BCUT2D eigenvalue weighted by atomic mass is 32.2. The van der Waals surface area contributed by atoms with Gasteiger partial charge in [0.15, 0.2) is 0 Å². The number of rotatable bonds is 7. The Kier molecular flexibility index (Phi) is 6.72. The summed E-state index contributed by atoms with van der Waals surface area (Å²) in [5.74, 6) is 1.11. The summed E-state index contributed by atoms with van der Waals surface area (Å²) >= 11 is 1.86. The van der Waals surface area contributed by atoms with Gasteiger partial charge in [0, 0.05) is 24.5 Å². The first-order valence-corrected chi connectivity index (χ1v) is 11.1. The van der Waals surface area contributed by atoms with Crippen LogP contribution in [0.2, 0.25) is 0 Å². The summed E-state index contributed by atoms with van der Waals surface area (Å²) in [6.45, 7) is 6.61. The van der Waals surface area contributed by atoms with Crippen molar-refractivity contribution in [1.29, 1.82) is 0 Å². The van der Waals surface area contributed by atoms with Gasteiger partial charge in [0.05, 0.1) is 6.61 Å². The number of hydrogen-bond donors (Lipinski definition) is 0. The molecule has 1 saturated heterocycles. The van der Waals surface area contributed by atoms with E-state index in [-0.39, 0.29) is 0 Å². The molecule has 0 aliphatic carbocycles. The van der Waals surface area contributed by atoms with E-state index in [0.717, 1.165) is 38.3 Å². The molecular weight excluding hydrogens is 352 g/mol. The third kappa shape index (κ3) is 5.28. The van der Waals surface area contributed by atoms with Crippen molar-refractivity contribution in [3.63, 3.8) is 0 Å². The molecule has 0 aromatic heterocycles. The van der Waals surface area contributed by atoms with Crippen LogP contribution in [0.1, 0.15) is 36.8 Å². The van der Waals surface area contributed by atoms with Gasteiger partial charge in [0.1, 0.15) is 5.75 Å². The Labute approximate surface area is 167 Å². The number of benzene rings is 2. The molecule has 0 N–H and O–H groups in total. The Morgan fingerprint density at radius 3 is 2.59 bits per heavy atom. The Morgan fingerprint density at radius 2 is 1.74 bits per heavy atom. The van der Waals surface area contributed by atoms with Crippen molar-refractivity contribution in [2.45, 2.75) is 43.5 Å². The highest BCUT2D eigenvalue weighted by Gasteiger charge is 2.20. The lowest BCUT2D eigenvalue weighted by Gasteiger charge is -2.29. The van der Waals surface area contributed by atoms with E-state index in [1.165, 1.54) is 54.9 Å². The highest BCUT2D eigenvalue weighted by Crippen LogP contribution is 2.33. The van der Waals surface area contributed by atoms with Gasteiger partial charge in [-0.05, 0) is 80.0 Å². The molecule has 0 amide bonds. The molecular formula is C23H30N2OS. The van der Waals surface area contributed by atoms with Gasteiger partial charge >= 0.3 is 0 Å². The average Bonchev–Trinajstić information content (AvgIpc) is 2.72. The van der Waals surface area contributed by atoms with Gasteiger partial charge in [-0.1, -0.05) is 36.8 Å². The Bertz CT molecular complexity index is 716. The summed E-state index contributed by atoms with van der Waals surface area (Å²) in [6, 6.07) is 17.2. The summed E-state index contributed by atoms with van der Waals surface area (Å²) in [5.41, 5.74) is 2.83. The van der Waals surface area contributed by atoms with Gasteiger partial charge < -0.3 is 9.64 Å². The van der Waals surface area contributed by atoms with Gasteiger partial charge in [-0.3, -0.25) is 0 Å². The molecule has 0 bridgehead atoms. The molecule has 3 nitrogen and oxygen atoms in total. The molecule has 4 heteroatoms. The maximum absolute atomic E-state index is 6.20. The maximum Gasteiger partial charge on any atom is 0.122 e. The number of hydrogen-bond acceptors (Lipinski definition) is 4. The maximum atomic E-state index is 6.20. The fraction of sp³-hybridized carbons (Fsp3) is 0.478. The number of ether oxygens (including phenoxy) is 1. The fourth-order valence-electron chi connectivity index (χ4n) is 4.05. The minimum absolute atomic E-state index is 0.829. The van der Waals surface area contributed by atoms with Crippen LogP contribution in [0.4, 0.5) is 0 Å². The summed E-state index contributed by atoms with van der Waals surface area (Å²) < 4.78 is 8.65. The SMILES string of the molecule is c1ccc(SN2CCc3c(cccc3OCCCN3CCCCC3)C2)cc1. The third-order valence-electron chi connectivity index (χ3n) is 5.49. The molecule has 27 heavy (non-hydrogen) atoms. The molecule has 0 atom stereocenters. The molecule has 0 spiro atoms. The van der Waals surface area contributed by atoms with E-state index in [0.29, 0.717) is 0 Å². The van der Waals surface area contributed by atoms with E-state index >= 15 is 0 Å². The molecule has 2 aromatic rings. The second-order valence-corrected chi connectivity index (χ2v) is 8.69. The van der Waals surface area contributed by atoms with Crippen LogP contribution < -0.4 is 4.74 Å². The first-order valence-electron chi connectivity index (χ1n) is 10.3. The second kappa shape index (κ2) is 9.63. The van der Waals surface area contributed by atoms with E-state index in [1.54, 1.807) is 0 Å². The molecule has 2 aliphatic rings. The summed E-state index contributed by atoms with van der Waals surface area (Å²) in [7, 11) is 0. The monoisotopic (exact) mass is 382 g/mol. The molecule has 1 fully saturated rings. The lowest BCUT2D eigenvalue weighted by Crippen LogP contribution is -2.31. The number of fused-ring (bicyclic) bond motifs is 1. The summed E-state index contributed by atoms with van der Waals surface area (Å²) in [4.78, 5) is 3.90. The fourth-order valence-corrected chi connectivity index (χ4v) is 5.01. The van der Waals surface area contributed by atoms with Gasteiger partial charge in [-0.25, -0.2) is 4.31 Å². The van der Waals surface area contributed by atoms with Crippen LogP contribution in [0.25, 0.3) is 0 Å². The number of nitrogens with zero attached hydrogens (tertiary/aromatic N) is 2. The summed E-state index contributed by atoms with van der Waals surface area (Å²) in [6.07, 6.45) is 6.33. The zero-order chi connectivity index (χ0) is 18.3. The zero-order valence-corrected chi connectivity index (χ0v) is 16.9. The van der Waals surface area contributed by atoms with Crippen molar-refractivity contribution in [3.8, 4) is 5.75 Å². The van der Waals surface area contributed by atoms with Gasteiger partial charge in [0.2, 0.25) is 0 Å². The Morgan fingerprint density at radius 1 is 0.889 bits per heavy atom. The quantitative estimate of drug-likeness (QED) is 0.494. The molecule has 2 aliphatic heterocycles. The molecule has 0 saturated carbocycles. The standard InChI is InChI=1S/C23H30N2OS/c1-3-10-21(11-4-1)27-25-17-13-22-20(19-25)9-7-12-23(22)26-18-8-16-24-14-5-2-6-15-24/h1,3-4,7,9-12H,2,5-6,8,13-19H2. The third-order valence-corrected chi connectivity index (χ3v) is 6.54. The Hall–Kier alpha value is -1.49. The van der Waals surface area contributed by atoms with Gasteiger partial charge in [-0.2, -0.15) is 0 Å². The van der Waals surface area contributed by atoms with Crippen LogP contribution in [0, 0.1) is 0 Å². The van der Waals surface area contributed by atoms with Crippen LogP contribution in [-0.2, 0) is 13.0 Å². The highest BCUT2D eigenvalue weighted by molar-refractivity contribution is 7.97. The van der Waals surface area contributed by atoms with Crippen molar-refractivity contribution in [2.75, 3.05) is 32.8 Å². The van der Waals surface area contributed by atoms with Crippen molar-refractivity contribution in [3.05, 3.63) is 59.7 Å². The van der Waals surface area contributed by atoms with Crippen LogP contribution in [-0.4, -0.2) is 42.0 Å². The van der Waals surface area contributed by atoms with E-state index in [9.17, 15) is 0 Å². The summed E-state index contributed by atoms with van der Waals surface area (Å²) in [5, 5.41) is 0. The molecule has 0 radical (unpaired) electrons. The van der Waals surface area contributed by atoms with Crippen molar-refractivity contribution < 1.29 is 4.74 Å². The van der Waals surface area contributed by atoms with Crippen LogP contribution in [0.5, 0.6) is 5.75 Å². The predicted octanol–water partition coefficient (Wildman–Crippen LogP) is 5.01. The topological polar surface area (TPSA) is 15.7 Å². The van der Waals surface area contributed by atoms with Crippen molar-refractivity contribution >= 4 is 11.9 Å². The first-order chi connectivity index (χ1) is 13.4. The van der Waals surface area contributed by atoms with E-state index in [4.69, 9.17) is 4.74 Å². The van der Waals surface area contributed by atoms with E-state index in [1.807, 2.05) is 11.9 Å². The van der Waals surface area contributed by atoms with E-state index < -0.39 is 0 Å². The normalized spacial score (nSPS) is 18.2. The average molecular weight is 383 g/mol. The number of piperidine rings is 1. The smallest absolute Gasteiger partial charge is 0.122 e. The lowest BCUT2D eigenvalue weighted by atomic mass is 10.00. The van der Waals surface area contributed by atoms with Gasteiger partial charge in [-0.15, -0.1) is 0 Å². The molecule has 0 unspecified atom stereocenters. The largest absolute Gasteiger partial charge is 0.493 e. The second-order valence-electron chi connectivity index (χ2n) is 7.52. The molecule has 4 rings (SSSR count). The molecule has 2 aromatic carbocycles. The zero-order valence-electron chi connectivity index (χ0n) is 16.1. The Balaban J connectivity index is 1.29. The van der Waals surface area contributed by atoms with Crippen LogP contribution >= 0.6 is 11.9 Å². The van der Waals surface area contributed by atoms with E-state index in [2.05, 4.69) is 57.7 Å². The minimum atomic E-state index is 0.829. The van der Waals surface area contributed by atoms with Gasteiger partial charge in [0.25, 0.3) is 0 Å². The minimum Gasteiger partial charge on any atom is -0.493 e. The van der Waals surface area contributed by atoms with Crippen molar-refractivity contribution in [1.82, 2.24) is 9.21 Å². The number of likely N-dealkylation sites (tertiary alicyclic amines) is 1. The molecule has 2 heterocycles.